The molecule has 0 aliphatic heterocycles. The van der Waals surface area contributed by atoms with Crippen molar-refractivity contribution in [2.45, 2.75) is 19.9 Å². The Labute approximate surface area is 204 Å². The van der Waals surface area contributed by atoms with Crippen molar-refractivity contribution in [1.82, 2.24) is 10.6 Å². The van der Waals surface area contributed by atoms with Crippen LogP contribution >= 0.6 is 12.2 Å². The summed E-state index contributed by atoms with van der Waals surface area (Å²) in [5.41, 5.74) is 1.36. The Morgan fingerprint density at radius 3 is 2.03 bits per heavy atom. The zero-order chi connectivity index (χ0) is 24.3. The third-order valence-electron chi connectivity index (χ3n) is 4.55. The van der Waals surface area contributed by atoms with Crippen molar-refractivity contribution in [3.8, 4) is 11.5 Å². The van der Waals surface area contributed by atoms with E-state index in [2.05, 4.69) is 16.0 Å². The van der Waals surface area contributed by atoms with Crippen molar-refractivity contribution in [3.63, 3.8) is 0 Å². The number of para-hydroxylation sites is 2. The van der Waals surface area contributed by atoms with Crippen LogP contribution in [0.2, 0.25) is 0 Å². The summed E-state index contributed by atoms with van der Waals surface area (Å²) in [5, 5.41) is 8.49. The zero-order valence-electron chi connectivity index (χ0n) is 19.0. The van der Waals surface area contributed by atoms with Crippen molar-refractivity contribution in [1.29, 1.82) is 0 Å². The third-order valence-corrected chi connectivity index (χ3v) is 4.75. The van der Waals surface area contributed by atoms with Crippen molar-refractivity contribution in [3.05, 3.63) is 90.0 Å². The number of ether oxygens (including phenoxy) is 2. The molecule has 176 valence electrons. The molecule has 7 nitrogen and oxygen atoms in total. The molecule has 0 saturated carbocycles. The average molecular weight is 478 g/mol. The first-order valence-corrected chi connectivity index (χ1v) is 11.3. The molecule has 3 N–H and O–H groups in total. The Morgan fingerprint density at radius 1 is 0.794 bits per heavy atom. The van der Waals surface area contributed by atoms with Gasteiger partial charge in [-0.1, -0.05) is 30.3 Å². The number of carbonyl (C=O) groups is 2. The summed E-state index contributed by atoms with van der Waals surface area (Å²) in [4.78, 5) is 25.0. The van der Waals surface area contributed by atoms with Crippen LogP contribution in [0.3, 0.4) is 0 Å². The molecule has 0 aliphatic rings. The van der Waals surface area contributed by atoms with Gasteiger partial charge < -0.3 is 20.1 Å². The number of anilines is 1. The molecule has 0 bridgehead atoms. The topological polar surface area (TPSA) is 88.7 Å². The lowest BCUT2D eigenvalue weighted by atomic mass is 10.1. The lowest BCUT2D eigenvalue weighted by molar-refractivity contribution is 0.0942. The van der Waals surface area contributed by atoms with Gasteiger partial charge in [-0.3, -0.25) is 14.9 Å². The van der Waals surface area contributed by atoms with E-state index in [0.717, 1.165) is 5.75 Å². The predicted octanol–water partition coefficient (Wildman–Crippen LogP) is 4.41. The van der Waals surface area contributed by atoms with E-state index >= 15 is 0 Å². The summed E-state index contributed by atoms with van der Waals surface area (Å²) in [5.74, 6) is 0.808. The molecular formula is C26H27N3O4S. The molecule has 0 unspecified atom stereocenters. The quantitative estimate of drug-likeness (QED) is 0.313. The van der Waals surface area contributed by atoms with E-state index in [9.17, 15) is 9.59 Å². The van der Waals surface area contributed by atoms with Crippen molar-refractivity contribution < 1.29 is 19.1 Å². The number of hydrogen-bond acceptors (Lipinski definition) is 5. The van der Waals surface area contributed by atoms with Crippen LogP contribution in [0, 0.1) is 0 Å². The largest absolute Gasteiger partial charge is 0.490 e. The van der Waals surface area contributed by atoms with Crippen LogP contribution in [0.15, 0.2) is 78.9 Å². The van der Waals surface area contributed by atoms with Gasteiger partial charge in [-0.25, -0.2) is 0 Å². The fourth-order valence-corrected chi connectivity index (χ4v) is 3.20. The fraction of sp³-hybridized carbons (Fsp3) is 0.192. The zero-order valence-corrected chi connectivity index (χ0v) is 19.9. The van der Waals surface area contributed by atoms with Gasteiger partial charge in [0.15, 0.2) is 5.11 Å². The maximum absolute atomic E-state index is 12.6. The van der Waals surface area contributed by atoms with Gasteiger partial charge in [-0.05, 0) is 74.6 Å². The normalized spacial score (nSPS) is 10.3. The second-order valence-corrected chi connectivity index (χ2v) is 8.02. The minimum absolute atomic E-state index is 0.00412. The molecule has 0 aliphatic carbocycles. The van der Waals surface area contributed by atoms with Gasteiger partial charge in [0.1, 0.15) is 24.7 Å². The smallest absolute Gasteiger partial charge is 0.257 e. The summed E-state index contributed by atoms with van der Waals surface area (Å²) >= 11 is 5.27. The fourth-order valence-electron chi connectivity index (χ4n) is 3.00. The lowest BCUT2D eigenvalue weighted by Crippen LogP contribution is -2.35. The maximum Gasteiger partial charge on any atom is 0.257 e. The minimum atomic E-state index is -0.374. The Balaban J connectivity index is 1.49. The van der Waals surface area contributed by atoms with Crippen LogP contribution in [-0.2, 0) is 0 Å². The molecule has 0 radical (unpaired) electrons. The molecule has 3 rings (SSSR count). The molecule has 3 aromatic rings. The highest BCUT2D eigenvalue weighted by molar-refractivity contribution is 7.80. The van der Waals surface area contributed by atoms with E-state index in [1.807, 2.05) is 44.2 Å². The SMILES string of the molecule is CC(C)NC(=O)c1ccccc1NC(=S)NC(=O)c1ccc(OCCOc2ccccc2)cc1. The van der Waals surface area contributed by atoms with Crippen LogP contribution in [0.5, 0.6) is 11.5 Å². The van der Waals surface area contributed by atoms with E-state index in [1.54, 1.807) is 48.5 Å². The number of benzene rings is 3. The van der Waals surface area contributed by atoms with E-state index in [1.165, 1.54) is 0 Å². The Kier molecular flexibility index (Phi) is 8.99. The summed E-state index contributed by atoms with van der Waals surface area (Å²) in [6.07, 6.45) is 0. The summed E-state index contributed by atoms with van der Waals surface area (Å²) in [7, 11) is 0. The highest BCUT2D eigenvalue weighted by Crippen LogP contribution is 2.16. The van der Waals surface area contributed by atoms with E-state index in [-0.39, 0.29) is 23.0 Å². The van der Waals surface area contributed by atoms with Gasteiger partial charge in [0.05, 0.1) is 11.3 Å². The monoisotopic (exact) mass is 477 g/mol. The maximum atomic E-state index is 12.6. The van der Waals surface area contributed by atoms with Gasteiger partial charge in [0.25, 0.3) is 11.8 Å². The molecule has 0 aromatic heterocycles. The first-order chi connectivity index (χ1) is 16.4. The average Bonchev–Trinajstić information content (AvgIpc) is 2.82. The molecule has 8 heteroatoms. The number of nitrogens with one attached hydrogen (secondary N) is 3. The summed E-state index contributed by atoms with van der Waals surface area (Å²) < 4.78 is 11.2. The lowest BCUT2D eigenvalue weighted by Gasteiger charge is -2.15. The highest BCUT2D eigenvalue weighted by atomic mass is 32.1. The Bertz CT molecular complexity index is 1120. The molecule has 0 saturated heterocycles. The van der Waals surface area contributed by atoms with E-state index in [0.29, 0.717) is 35.8 Å². The van der Waals surface area contributed by atoms with Crippen molar-refractivity contribution in [2.75, 3.05) is 18.5 Å². The Morgan fingerprint density at radius 2 is 1.38 bits per heavy atom. The molecule has 0 fully saturated rings. The van der Waals surface area contributed by atoms with Gasteiger partial charge in [-0.15, -0.1) is 0 Å². The van der Waals surface area contributed by atoms with Crippen LogP contribution in [0.25, 0.3) is 0 Å². The molecular weight excluding hydrogens is 450 g/mol. The van der Waals surface area contributed by atoms with Crippen molar-refractivity contribution in [2.24, 2.45) is 0 Å². The third kappa shape index (κ3) is 7.60. The first-order valence-electron chi connectivity index (χ1n) is 10.9. The molecule has 34 heavy (non-hydrogen) atoms. The number of hydrogen-bond donors (Lipinski definition) is 3. The summed E-state index contributed by atoms with van der Waals surface area (Å²) in [6, 6.07) is 23.2. The summed E-state index contributed by atoms with van der Waals surface area (Å²) in [6.45, 7) is 4.54. The van der Waals surface area contributed by atoms with E-state index in [4.69, 9.17) is 21.7 Å². The highest BCUT2D eigenvalue weighted by Gasteiger charge is 2.14. The number of carbonyl (C=O) groups excluding carboxylic acids is 2. The van der Waals surface area contributed by atoms with Gasteiger partial charge in [0.2, 0.25) is 0 Å². The standard InChI is InChI=1S/C26H27N3O4S/c1-18(2)27-25(31)22-10-6-7-11-23(22)28-26(34)29-24(30)19-12-14-21(15-13-19)33-17-16-32-20-8-4-3-5-9-20/h3-15,18H,16-17H2,1-2H3,(H,27,31)(H2,28,29,30,34). The predicted molar refractivity (Wildman–Crippen MR) is 137 cm³/mol. The second-order valence-electron chi connectivity index (χ2n) is 7.62. The van der Waals surface area contributed by atoms with E-state index < -0.39 is 0 Å². The van der Waals surface area contributed by atoms with Crippen LogP contribution in [-0.4, -0.2) is 36.2 Å². The van der Waals surface area contributed by atoms with Crippen LogP contribution in [0.4, 0.5) is 5.69 Å². The van der Waals surface area contributed by atoms with Gasteiger partial charge in [0, 0.05) is 11.6 Å². The number of amides is 2. The second kappa shape index (κ2) is 12.4. The number of rotatable bonds is 9. The van der Waals surface area contributed by atoms with Crippen LogP contribution in [0.1, 0.15) is 34.6 Å². The molecule has 3 aromatic carbocycles. The number of thiocarbonyl (C=S) groups is 1. The molecule has 2 amide bonds. The first kappa shape index (κ1) is 24.7. The molecule has 0 spiro atoms. The van der Waals surface area contributed by atoms with Crippen molar-refractivity contribution >= 4 is 34.8 Å². The minimum Gasteiger partial charge on any atom is -0.490 e. The van der Waals surface area contributed by atoms with Gasteiger partial charge in [-0.2, -0.15) is 0 Å². The van der Waals surface area contributed by atoms with Crippen LogP contribution < -0.4 is 25.4 Å². The Hall–Kier alpha value is -3.91. The molecule has 0 heterocycles. The van der Waals surface area contributed by atoms with Gasteiger partial charge >= 0.3 is 0 Å². The molecule has 0 atom stereocenters.